The van der Waals surface area contributed by atoms with Gasteiger partial charge in [-0.15, -0.1) is 0 Å². The lowest BCUT2D eigenvalue weighted by Crippen LogP contribution is -2.28. The van der Waals surface area contributed by atoms with Crippen LogP contribution in [-0.4, -0.2) is 40.2 Å². The van der Waals surface area contributed by atoms with Crippen molar-refractivity contribution in [2.24, 2.45) is 4.99 Å². The Bertz CT molecular complexity index is 1540. The predicted molar refractivity (Wildman–Crippen MR) is 153 cm³/mol. The molecule has 3 aromatic carbocycles. The molecule has 1 aromatic heterocycles. The van der Waals surface area contributed by atoms with E-state index in [2.05, 4.69) is 51.0 Å². The molecule has 0 unspecified atom stereocenters. The molecule has 0 N–H and O–H groups in total. The number of halogens is 1. The number of amides is 1. The zero-order valence-electron chi connectivity index (χ0n) is 20.3. The Hall–Kier alpha value is -3.62. The van der Waals surface area contributed by atoms with Crippen molar-refractivity contribution in [3.8, 4) is 0 Å². The van der Waals surface area contributed by atoms with Crippen molar-refractivity contribution in [2.45, 2.75) is 13.5 Å². The van der Waals surface area contributed by atoms with Gasteiger partial charge in [-0.3, -0.25) is 9.69 Å². The van der Waals surface area contributed by atoms with E-state index in [0.29, 0.717) is 27.9 Å². The van der Waals surface area contributed by atoms with Crippen LogP contribution in [0.2, 0.25) is 0 Å². The first-order chi connectivity index (χ1) is 18.0. The van der Waals surface area contributed by atoms with E-state index in [1.54, 1.807) is 29.2 Å². The van der Waals surface area contributed by atoms with Gasteiger partial charge in [0.05, 0.1) is 23.3 Å². The van der Waals surface area contributed by atoms with Crippen molar-refractivity contribution in [3.63, 3.8) is 0 Å². The summed E-state index contributed by atoms with van der Waals surface area (Å²) in [6.07, 6.45) is 4.06. The molecule has 0 aliphatic carbocycles. The fourth-order valence-corrected chi connectivity index (χ4v) is 5.54. The Morgan fingerprint density at radius 1 is 1.05 bits per heavy atom. The maximum Gasteiger partial charge on any atom is 0.337 e. The number of para-hydroxylation sites is 1. The third-order valence-corrected chi connectivity index (χ3v) is 7.62. The topological polar surface area (TPSA) is 63.9 Å². The summed E-state index contributed by atoms with van der Waals surface area (Å²) < 4.78 is 8.02. The molecular formula is C29H24BrN3O3S. The second-order valence-corrected chi connectivity index (χ2v) is 10.4. The molecule has 8 heteroatoms. The normalized spacial score (nSPS) is 15.8. The molecule has 0 bridgehead atoms. The van der Waals surface area contributed by atoms with Gasteiger partial charge in [0.25, 0.3) is 5.91 Å². The molecule has 37 heavy (non-hydrogen) atoms. The van der Waals surface area contributed by atoms with Crippen molar-refractivity contribution < 1.29 is 14.3 Å². The van der Waals surface area contributed by atoms with E-state index in [9.17, 15) is 9.59 Å². The standard InChI is InChI=1S/C29H24BrN3O3S/c1-3-33-27(34)26(37-29(33)31-23-14-10-20(11-15-23)28(35)36-2)16-21-18-32(25-7-5-4-6-24(21)25)17-19-8-12-22(30)13-9-19/h4-16,18H,3,17H2,1-2H3/b26-16+,31-29?. The van der Waals surface area contributed by atoms with E-state index in [0.717, 1.165) is 27.5 Å². The number of methoxy groups -OCH3 is 1. The van der Waals surface area contributed by atoms with Crippen LogP contribution in [0.3, 0.4) is 0 Å². The maximum absolute atomic E-state index is 13.3. The van der Waals surface area contributed by atoms with Crippen LogP contribution in [-0.2, 0) is 16.1 Å². The van der Waals surface area contributed by atoms with Crippen LogP contribution in [0.15, 0.2) is 93.4 Å². The van der Waals surface area contributed by atoms with Crippen LogP contribution >= 0.6 is 27.7 Å². The van der Waals surface area contributed by atoms with Crippen LogP contribution in [0, 0.1) is 0 Å². The molecule has 1 aliphatic heterocycles. The largest absolute Gasteiger partial charge is 0.465 e. The number of carbonyl (C=O) groups excluding carboxylic acids is 2. The minimum Gasteiger partial charge on any atom is -0.465 e. The van der Waals surface area contributed by atoms with Gasteiger partial charge in [0.1, 0.15) is 0 Å². The molecule has 4 aromatic rings. The maximum atomic E-state index is 13.3. The van der Waals surface area contributed by atoms with E-state index in [4.69, 9.17) is 9.73 Å². The van der Waals surface area contributed by atoms with Crippen LogP contribution in [0.5, 0.6) is 0 Å². The molecule has 2 heterocycles. The van der Waals surface area contributed by atoms with E-state index < -0.39 is 5.97 Å². The highest BCUT2D eigenvalue weighted by Crippen LogP contribution is 2.35. The van der Waals surface area contributed by atoms with Gasteiger partial charge in [0, 0.05) is 40.2 Å². The lowest BCUT2D eigenvalue weighted by molar-refractivity contribution is -0.122. The number of ether oxygens (including phenoxy) is 1. The second kappa shape index (κ2) is 10.8. The molecule has 1 amide bonds. The number of esters is 1. The lowest BCUT2D eigenvalue weighted by Gasteiger charge is -2.12. The summed E-state index contributed by atoms with van der Waals surface area (Å²) in [6, 6.07) is 23.3. The van der Waals surface area contributed by atoms with Crippen molar-refractivity contribution >= 4 is 67.4 Å². The lowest BCUT2D eigenvalue weighted by atomic mass is 10.1. The fourth-order valence-electron chi connectivity index (χ4n) is 4.22. The van der Waals surface area contributed by atoms with E-state index >= 15 is 0 Å². The quantitative estimate of drug-likeness (QED) is 0.186. The molecule has 1 aliphatic rings. The Balaban J connectivity index is 1.46. The first-order valence-electron chi connectivity index (χ1n) is 11.8. The van der Waals surface area contributed by atoms with Gasteiger partial charge in [-0.2, -0.15) is 0 Å². The van der Waals surface area contributed by atoms with Crippen molar-refractivity contribution in [2.75, 3.05) is 13.7 Å². The summed E-state index contributed by atoms with van der Waals surface area (Å²) in [5.41, 5.74) is 4.41. The fraction of sp³-hybridized carbons (Fsp3) is 0.138. The Kier molecular flexibility index (Phi) is 7.30. The molecule has 0 atom stereocenters. The highest BCUT2D eigenvalue weighted by Gasteiger charge is 2.32. The van der Waals surface area contributed by atoms with E-state index in [1.165, 1.54) is 24.4 Å². The summed E-state index contributed by atoms with van der Waals surface area (Å²) in [5, 5.41) is 1.70. The number of benzene rings is 3. The smallest absolute Gasteiger partial charge is 0.337 e. The summed E-state index contributed by atoms with van der Waals surface area (Å²) in [7, 11) is 1.35. The minimum atomic E-state index is -0.399. The van der Waals surface area contributed by atoms with Gasteiger partial charge in [0.15, 0.2) is 5.17 Å². The molecule has 0 spiro atoms. The number of rotatable bonds is 6. The first-order valence-corrected chi connectivity index (χ1v) is 13.4. The third kappa shape index (κ3) is 5.26. The number of fused-ring (bicyclic) bond motifs is 1. The number of amidine groups is 1. The van der Waals surface area contributed by atoms with Gasteiger partial charge < -0.3 is 9.30 Å². The molecule has 1 fully saturated rings. The van der Waals surface area contributed by atoms with Crippen LogP contribution in [0.4, 0.5) is 5.69 Å². The zero-order chi connectivity index (χ0) is 25.9. The summed E-state index contributed by atoms with van der Waals surface area (Å²) >= 11 is 4.86. The van der Waals surface area contributed by atoms with Gasteiger partial charge >= 0.3 is 5.97 Å². The Morgan fingerprint density at radius 2 is 1.78 bits per heavy atom. The number of aliphatic imine (C=N–C) groups is 1. The van der Waals surface area contributed by atoms with Crippen LogP contribution in [0.25, 0.3) is 17.0 Å². The molecule has 0 radical (unpaired) electrons. The van der Waals surface area contributed by atoms with Crippen LogP contribution < -0.4 is 0 Å². The van der Waals surface area contributed by atoms with Gasteiger partial charge in [-0.25, -0.2) is 9.79 Å². The monoisotopic (exact) mass is 573 g/mol. The van der Waals surface area contributed by atoms with Crippen molar-refractivity contribution in [1.82, 2.24) is 9.47 Å². The molecule has 1 saturated heterocycles. The van der Waals surface area contributed by atoms with Gasteiger partial charge in [-0.05, 0) is 72.8 Å². The van der Waals surface area contributed by atoms with Crippen molar-refractivity contribution in [3.05, 3.63) is 105 Å². The minimum absolute atomic E-state index is 0.0674. The third-order valence-electron chi connectivity index (χ3n) is 6.09. The Labute approximate surface area is 227 Å². The van der Waals surface area contributed by atoms with Crippen molar-refractivity contribution in [1.29, 1.82) is 0 Å². The highest BCUT2D eigenvalue weighted by molar-refractivity contribution is 9.10. The van der Waals surface area contributed by atoms with Crippen LogP contribution in [0.1, 0.15) is 28.4 Å². The van der Waals surface area contributed by atoms with E-state index in [-0.39, 0.29) is 5.91 Å². The highest BCUT2D eigenvalue weighted by atomic mass is 79.9. The molecule has 6 nitrogen and oxygen atoms in total. The average Bonchev–Trinajstić information content (AvgIpc) is 3.41. The summed E-state index contributed by atoms with van der Waals surface area (Å²) in [5.74, 6) is -0.466. The molecule has 5 rings (SSSR count). The number of likely N-dealkylation sites (N-methyl/N-ethyl adjacent to an activating group) is 1. The Morgan fingerprint density at radius 3 is 2.49 bits per heavy atom. The predicted octanol–water partition coefficient (Wildman–Crippen LogP) is 6.86. The number of thioether (sulfide) groups is 1. The number of carbonyl (C=O) groups is 2. The summed E-state index contributed by atoms with van der Waals surface area (Å²) in [6.45, 7) is 3.17. The number of hydrogen-bond donors (Lipinski definition) is 0. The van der Waals surface area contributed by atoms with Gasteiger partial charge in [0.2, 0.25) is 0 Å². The second-order valence-electron chi connectivity index (χ2n) is 8.45. The number of nitrogens with zero attached hydrogens (tertiary/aromatic N) is 3. The number of hydrogen-bond acceptors (Lipinski definition) is 5. The molecule has 186 valence electrons. The first kappa shape index (κ1) is 25.0. The van der Waals surface area contributed by atoms with Gasteiger partial charge in [-0.1, -0.05) is 46.3 Å². The molecular weight excluding hydrogens is 550 g/mol. The number of aromatic nitrogens is 1. The SMILES string of the molecule is CCN1C(=O)/C(=C\c2cn(Cc3ccc(Br)cc3)c3ccccc23)SC1=Nc1ccc(C(=O)OC)cc1. The molecule has 0 saturated carbocycles. The average molecular weight is 575 g/mol. The zero-order valence-corrected chi connectivity index (χ0v) is 22.8. The summed E-state index contributed by atoms with van der Waals surface area (Å²) in [4.78, 5) is 32.0. The van der Waals surface area contributed by atoms with E-state index in [1.807, 2.05) is 37.3 Å².